The van der Waals surface area contributed by atoms with Crippen LogP contribution in [-0.4, -0.2) is 34.2 Å². The first kappa shape index (κ1) is 14.9. The predicted octanol–water partition coefficient (Wildman–Crippen LogP) is 1.18. The number of rotatable bonds is 6. The topological polar surface area (TPSA) is 91.3 Å². The molecule has 0 bridgehead atoms. The van der Waals surface area contributed by atoms with Crippen LogP contribution >= 0.6 is 0 Å². The summed E-state index contributed by atoms with van der Waals surface area (Å²) in [4.78, 5) is 26.6. The number of carboxylic acid groups (broad SMARTS) is 1. The molecule has 3 N–H and O–H groups in total. The molecule has 1 rings (SSSR count). The number of carboxylic acids is 1. The average molecular weight is 265 g/mol. The molecule has 0 aromatic carbocycles. The Morgan fingerprint density at radius 1 is 1.37 bits per heavy atom. The van der Waals surface area contributed by atoms with Crippen molar-refractivity contribution in [1.29, 1.82) is 0 Å². The molecule has 0 aliphatic rings. The number of carbonyl (C=O) groups excluding carboxylic acids is 1. The second-order valence-electron chi connectivity index (χ2n) is 4.48. The highest BCUT2D eigenvalue weighted by Crippen LogP contribution is 2.08. The van der Waals surface area contributed by atoms with E-state index in [-0.39, 0.29) is 0 Å². The quantitative estimate of drug-likeness (QED) is 0.720. The molecular weight excluding hydrogens is 246 g/mol. The second kappa shape index (κ2) is 6.72. The van der Waals surface area contributed by atoms with E-state index in [1.807, 2.05) is 12.1 Å². The number of nitrogens with zero attached hydrogens (tertiary/aromatic N) is 1. The van der Waals surface area contributed by atoms with Crippen LogP contribution in [0.25, 0.3) is 0 Å². The molecule has 104 valence electrons. The number of aliphatic carboxylic acids is 1. The van der Waals surface area contributed by atoms with E-state index in [2.05, 4.69) is 15.6 Å². The fraction of sp³-hybridized carbons (Fsp3) is 0.462. The van der Waals surface area contributed by atoms with Gasteiger partial charge < -0.3 is 15.7 Å². The van der Waals surface area contributed by atoms with Gasteiger partial charge in [-0.2, -0.15) is 0 Å². The zero-order valence-electron chi connectivity index (χ0n) is 11.1. The number of urea groups is 1. The summed E-state index contributed by atoms with van der Waals surface area (Å²) in [6, 6.07) is 3.26. The number of hydrogen-bond donors (Lipinski definition) is 3. The zero-order valence-corrected chi connectivity index (χ0v) is 11.1. The van der Waals surface area contributed by atoms with E-state index in [0.29, 0.717) is 19.4 Å². The van der Waals surface area contributed by atoms with Gasteiger partial charge in [0.1, 0.15) is 5.54 Å². The van der Waals surface area contributed by atoms with Gasteiger partial charge in [0.05, 0.1) is 0 Å². The van der Waals surface area contributed by atoms with Crippen LogP contribution in [0.1, 0.15) is 25.8 Å². The van der Waals surface area contributed by atoms with Crippen LogP contribution in [0.15, 0.2) is 24.5 Å². The summed E-state index contributed by atoms with van der Waals surface area (Å²) in [5, 5.41) is 14.1. The third-order valence-corrected chi connectivity index (χ3v) is 3.02. The van der Waals surface area contributed by atoms with Crippen molar-refractivity contribution in [2.45, 2.75) is 32.2 Å². The third-order valence-electron chi connectivity index (χ3n) is 3.02. The summed E-state index contributed by atoms with van der Waals surface area (Å²) in [5.41, 5.74) is -0.174. The lowest BCUT2D eigenvalue weighted by Gasteiger charge is -2.24. The number of pyridine rings is 1. The Hall–Kier alpha value is -2.11. The van der Waals surface area contributed by atoms with Crippen molar-refractivity contribution in [2.75, 3.05) is 6.54 Å². The zero-order chi connectivity index (χ0) is 14.3. The van der Waals surface area contributed by atoms with Crippen molar-refractivity contribution in [1.82, 2.24) is 15.6 Å². The van der Waals surface area contributed by atoms with Crippen molar-refractivity contribution >= 4 is 12.0 Å². The molecule has 1 heterocycles. The van der Waals surface area contributed by atoms with E-state index >= 15 is 0 Å². The van der Waals surface area contributed by atoms with Gasteiger partial charge in [-0.25, -0.2) is 9.59 Å². The molecule has 0 spiro atoms. The SMILES string of the molecule is CCC(C)(NC(=O)NCCc1ccncc1)C(=O)O. The maximum Gasteiger partial charge on any atom is 0.329 e. The molecule has 0 radical (unpaired) electrons. The largest absolute Gasteiger partial charge is 0.480 e. The monoisotopic (exact) mass is 265 g/mol. The van der Waals surface area contributed by atoms with Crippen molar-refractivity contribution < 1.29 is 14.7 Å². The molecule has 6 nitrogen and oxygen atoms in total. The van der Waals surface area contributed by atoms with Crippen LogP contribution in [0.2, 0.25) is 0 Å². The highest BCUT2D eigenvalue weighted by Gasteiger charge is 2.32. The van der Waals surface area contributed by atoms with E-state index in [1.165, 1.54) is 6.92 Å². The Balaban J connectivity index is 2.38. The van der Waals surface area contributed by atoms with Crippen molar-refractivity contribution in [3.8, 4) is 0 Å². The molecule has 1 aromatic heterocycles. The highest BCUT2D eigenvalue weighted by molar-refractivity contribution is 5.85. The van der Waals surface area contributed by atoms with E-state index in [1.54, 1.807) is 19.3 Å². The van der Waals surface area contributed by atoms with Gasteiger partial charge in [-0.1, -0.05) is 6.92 Å². The lowest BCUT2D eigenvalue weighted by Crippen LogP contribution is -2.55. The second-order valence-corrected chi connectivity index (χ2v) is 4.48. The number of aromatic nitrogens is 1. The Labute approximate surface area is 112 Å². The van der Waals surface area contributed by atoms with Gasteiger partial charge in [-0.3, -0.25) is 4.98 Å². The van der Waals surface area contributed by atoms with Gasteiger partial charge in [-0.15, -0.1) is 0 Å². The van der Waals surface area contributed by atoms with Crippen LogP contribution < -0.4 is 10.6 Å². The van der Waals surface area contributed by atoms with Gasteiger partial charge in [0.25, 0.3) is 0 Å². The first-order valence-corrected chi connectivity index (χ1v) is 6.16. The molecule has 0 aliphatic heterocycles. The van der Waals surface area contributed by atoms with Crippen molar-refractivity contribution in [2.24, 2.45) is 0 Å². The standard InChI is InChI=1S/C13H19N3O3/c1-3-13(2,11(17)18)16-12(19)15-9-6-10-4-7-14-8-5-10/h4-5,7-8H,3,6,9H2,1-2H3,(H,17,18)(H2,15,16,19). The first-order valence-electron chi connectivity index (χ1n) is 6.16. The summed E-state index contributed by atoms with van der Waals surface area (Å²) in [6.07, 6.45) is 4.37. The number of amides is 2. The molecule has 0 saturated carbocycles. The average Bonchev–Trinajstić information content (AvgIpc) is 2.39. The minimum atomic E-state index is -1.24. The molecule has 19 heavy (non-hydrogen) atoms. The van der Waals surface area contributed by atoms with E-state index in [9.17, 15) is 9.59 Å². The Kier molecular flexibility index (Phi) is 5.29. The molecule has 6 heteroatoms. The van der Waals surface area contributed by atoms with E-state index in [0.717, 1.165) is 5.56 Å². The predicted molar refractivity (Wildman–Crippen MR) is 70.8 cm³/mol. The van der Waals surface area contributed by atoms with Gasteiger partial charge in [0.2, 0.25) is 0 Å². The minimum absolute atomic E-state index is 0.320. The number of nitrogens with one attached hydrogen (secondary N) is 2. The molecule has 0 aliphatic carbocycles. The van der Waals surface area contributed by atoms with E-state index in [4.69, 9.17) is 5.11 Å². The Bertz CT molecular complexity index is 436. The molecule has 1 unspecified atom stereocenters. The summed E-state index contributed by atoms with van der Waals surface area (Å²) < 4.78 is 0. The minimum Gasteiger partial charge on any atom is -0.480 e. The van der Waals surface area contributed by atoms with Crippen molar-refractivity contribution in [3.63, 3.8) is 0 Å². The van der Waals surface area contributed by atoms with E-state index < -0.39 is 17.5 Å². The highest BCUT2D eigenvalue weighted by atomic mass is 16.4. The summed E-state index contributed by atoms with van der Waals surface area (Å²) in [7, 11) is 0. The maximum absolute atomic E-state index is 11.6. The smallest absolute Gasteiger partial charge is 0.329 e. The number of hydrogen-bond acceptors (Lipinski definition) is 3. The van der Waals surface area contributed by atoms with Crippen LogP contribution in [0.3, 0.4) is 0 Å². The summed E-state index contributed by atoms with van der Waals surface area (Å²) in [6.45, 7) is 3.64. The Morgan fingerprint density at radius 2 is 2.00 bits per heavy atom. The van der Waals surface area contributed by atoms with Crippen molar-refractivity contribution in [3.05, 3.63) is 30.1 Å². The van der Waals surface area contributed by atoms with Gasteiger partial charge in [0.15, 0.2) is 0 Å². The van der Waals surface area contributed by atoms with Gasteiger partial charge in [-0.05, 0) is 37.5 Å². The van der Waals surface area contributed by atoms with Crippen LogP contribution in [0.5, 0.6) is 0 Å². The van der Waals surface area contributed by atoms with Crippen LogP contribution in [-0.2, 0) is 11.2 Å². The normalized spacial score (nSPS) is 13.4. The summed E-state index contributed by atoms with van der Waals surface area (Å²) >= 11 is 0. The van der Waals surface area contributed by atoms with Crippen LogP contribution in [0, 0.1) is 0 Å². The Morgan fingerprint density at radius 3 is 2.53 bits per heavy atom. The molecule has 0 saturated heterocycles. The summed E-state index contributed by atoms with van der Waals surface area (Å²) in [5.74, 6) is -1.04. The fourth-order valence-corrected chi connectivity index (χ4v) is 1.46. The first-order chi connectivity index (χ1) is 8.98. The molecule has 2 amide bonds. The number of carbonyl (C=O) groups is 2. The molecular formula is C13H19N3O3. The fourth-order valence-electron chi connectivity index (χ4n) is 1.46. The maximum atomic E-state index is 11.6. The van der Waals surface area contributed by atoms with Gasteiger partial charge >= 0.3 is 12.0 Å². The molecule has 1 aromatic rings. The van der Waals surface area contributed by atoms with Gasteiger partial charge in [0, 0.05) is 18.9 Å². The molecule has 0 fully saturated rings. The third kappa shape index (κ3) is 4.57. The lowest BCUT2D eigenvalue weighted by atomic mass is 10.00. The van der Waals surface area contributed by atoms with Crippen LogP contribution in [0.4, 0.5) is 4.79 Å². The lowest BCUT2D eigenvalue weighted by molar-refractivity contribution is -0.143. The molecule has 1 atom stereocenters.